The molecule has 5 heteroatoms. The van der Waals surface area contributed by atoms with Crippen molar-refractivity contribution in [3.8, 4) is 25.7 Å². The molecule has 0 saturated carbocycles. The average Bonchev–Trinajstić information content (AvgIpc) is 2.53. The van der Waals surface area contributed by atoms with Crippen LogP contribution in [0.15, 0.2) is 28.7 Å². The molecule has 0 radical (unpaired) electrons. The lowest BCUT2D eigenvalue weighted by Crippen LogP contribution is -2.33. The number of amides is 1. The van der Waals surface area contributed by atoms with Crippen molar-refractivity contribution in [2.75, 3.05) is 13.2 Å². The van der Waals surface area contributed by atoms with Gasteiger partial charge >= 0.3 is 6.09 Å². The standard InChI is InChI=1S/C8H17NO3.C7H7Br.2C2H2/c1-8(2,3)12-7(11)9-5-4-6-10;1-6-2-4-7(8)5-3-6;2*1-2/h10H,4-6H2,1-3H3,(H,9,11);2-5H,1H3;2*1-2H. The van der Waals surface area contributed by atoms with E-state index in [2.05, 4.69) is 66.0 Å². The molecule has 1 aromatic rings. The van der Waals surface area contributed by atoms with Gasteiger partial charge in [0.15, 0.2) is 0 Å². The summed E-state index contributed by atoms with van der Waals surface area (Å²) in [6.07, 6.45) is 16.1. The van der Waals surface area contributed by atoms with Crippen LogP contribution in [0.1, 0.15) is 32.8 Å². The second kappa shape index (κ2) is 17.4. The lowest BCUT2D eigenvalue weighted by molar-refractivity contribution is 0.0525. The van der Waals surface area contributed by atoms with E-state index in [4.69, 9.17) is 9.84 Å². The molecule has 0 saturated heterocycles. The molecule has 1 amide bonds. The molecule has 0 aromatic heterocycles. The van der Waals surface area contributed by atoms with Crippen molar-refractivity contribution in [3.05, 3.63) is 34.3 Å². The Hall–Kier alpha value is -1.95. The molecule has 0 bridgehead atoms. The van der Waals surface area contributed by atoms with Gasteiger partial charge < -0.3 is 15.2 Å². The van der Waals surface area contributed by atoms with Crippen molar-refractivity contribution in [1.82, 2.24) is 5.32 Å². The number of aliphatic hydroxyl groups is 1. The van der Waals surface area contributed by atoms with Gasteiger partial charge in [-0.1, -0.05) is 33.6 Å². The minimum atomic E-state index is -0.455. The van der Waals surface area contributed by atoms with E-state index in [9.17, 15) is 4.79 Å². The van der Waals surface area contributed by atoms with Gasteiger partial charge in [0, 0.05) is 17.6 Å². The summed E-state index contributed by atoms with van der Waals surface area (Å²) in [5.41, 5.74) is 0.844. The molecule has 0 aliphatic carbocycles. The van der Waals surface area contributed by atoms with Crippen LogP contribution >= 0.6 is 15.9 Å². The van der Waals surface area contributed by atoms with Gasteiger partial charge in [-0.2, -0.15) is 0 Å². The summed E-state index contributed by atoms with van der Waals surface area (Å²) in [4.78, 5) is 10.9. The Labute approximate surface area is 155 Å². The van der Waals surface area contributed by atoms with Crippen molar-refractivity contribution in [1.29, 1.82) is 0 Å². The highest BCUT2D eigenvalue weighted by Crippen LogP contribution is 2.08. The van der Waals surface area contributed by atoms with E-state index in [-0.39, 0.29) is 6.61 Å². The number of carbonyl (C=O) groups is 1. The summed E-state index contributed by atoms with van der Waals surface area (Å²) in [5.74, 6) is 0. The highest BCUT2D eigenvalue weighted by Gasteiger charge is 2.15. The Morgan fingerprint density at radius 3 is 1.96 bits per heavy atom. The van der Waals surface area contributed by atoms with E-state index in [1.165, 1.54) is 5.56 Å². The SMILES string of the molecule is C#C.C#C.CC(C)(C)OC(=O)NCCCO.Cc1ccc(Br)cc1. The summed E-state index contributed by atoms with van der Waals surface area (Å²) in [6.45, 7) is 8.02. The Balaban J connectivity index is -0.000000317. The first kappa shape index (κ1) is 26.9. The highest BCUT2D eigenvalue weighted by molar-refractivity contribution is 9.10. The monoisotopic (exact) mass is 397 g/mol. The topological polar surface area (TPSA) is 58.6 Å². The van der Waals surface area contributed by atoms with E-state index in [0.29, 0.717) is 13.0 Å². The zero-order chi connectivity index (χ0) is 19.6. The zero-order valence-electron chi connectivity index (χ0n) is 14.9. The molecule has 0 heterocycles. The number of alkyl carbamates (subject to hydrolysis) is 1. The Bertz CT molecular complexity index is 432. The first-order valence-electron chi connectivity index (χ1n) is 7.21. The van der Waals surface area contributed by atoms with Crippen LogP contribution in [0, 0.1) is 32.6 Å². The van der Waals surface area contributed by atoms with Gasteiger partial charge in [0.05, 0.1) is 0 Å². The quantitative estimate of drug-likeness (QED) is 0.594. The second-order valence-corrected chi connectivity index (χ2v) is 6.22. The maximum atomic E-state index is 10.9. The van der Waals surface area contributed by atoms with Gasteiger partial charge in [-0.05, 0) is 46.2 Å². The molecule has 0 unspecified atom stereocenters. The second-order valence-electron chi connectivity index (χ2n) is 5.30. The number of hydrogen-bond donors (Lipinski definition) is 2. The fraction of sp³-hybridized carbons (Fsp3) is 0.421. The molecule has 134 valence electrons. The van der Waals surface area contributed by atoms with Crippen LogP contribution < -0.4 is 5.32 Å². The van der Waals surface area contributed by atoms with Crippen LogP contribution in [0.4, 0.5) is 4.79 Å². The fourth-order valence-electron chi connectivity index (χ4n) is 1.12. The van der Waals surface area contributed by atoms with Crippen LogP contribution in [0.3, 0.4) is 0 Å². The van der Waals surface area contributed by atoms with Gasteiger partial charge in [0.25, 0.3) is 0 Å². The predicted octanol–water partition coefficient (Wildman–Crippen LogP) is 4.15. The normalized spacial score (nSPS) is 8.75. The van der Waals surface area contributed by atoms with Crippen LogP contribution in [0.25, 0.3) is 0 Å². The molecule has 0 fully saturated rings. The predicted molar refractivity (Wildman–Crippen MR) is 105 cm³/mol. The number of terminal acetylenes is 2. The molecule has 0 aliphatic rings. The lowest BCUT2D eigenvalue weighted by Gasteiger charge is -2.19. The van der Waals surface area contributed by atoms with Gasteiger partial charge in [0.1, 0.15) is 5.60 Å². The highest BCUT2D eigenvalue weighted by atomic mass is 79.9. The van der Waals surface area contributed by atoms with Gasteiger partial charge in [-0.25, -0.2) is 4.79 Å². The molecule has 0 atom stereocenters. The average molecular weight is 398 g/mol. The van der Waals surface area contributed by atoms with E-state index in [1.54, 1.807) is 20.8 Å². The number of rotatable bonds is 3. The van der Waals surface area contributed by atoms with Gasteiger partial charge in [0.2, 0.25) is 0 Å². The van der Waals surface area contributed by atoms with Crippen molar-refractivity contribution < 1.29 is 14.6 Å². The van der Waals surface area contributed by atoms with E-state index >= 15 is 0 Å². The van der Waals surface area contributed by atoms with E-state index in [1.807, 2.05) is 12.1 Å². The Morgan fingerprint density at radius 2 is 1.62 bits per heavy atom. The number of halogens is 1. The first-order chi connectivity index (χ1) is 11.2. The van der Waals surface area contributed by atoms with Crippen molar-refractivity contribution >= 4 is 22.0 Å². The number of carbonyl (C=O) groups excluding carboxylic acids is 1. The summed E-state index contributed by atoms with van der Waals surface area (Å²) >= 11 is 3.35. The third-order valence-corrected chi connectivity index (χ3v) is 2.54. The number of ether oxygens (including phenoxy) is 1. The Kier molecular flexibility index (Phi) is 19.5. The number of aliphatic hydroxyl groups excluding tert-OH is 1. The van der Waals surface area contributed by atoms with Crippen molar-refractivity contribution in [2.24, 2.45) is 0 Å². The molecule has 2 N–H and O–H groups in total. The van der Waals surface area contributed by atoms with E-state index in [0.717, 1.165) is 4.47 Å². The first-order valence-corrected chi connectivity index (χ1v) is 8.00. The molecular formula is C19H28BrNO3. The number of aryl methyl sites for hydroxylation is 1. The largest absolute Gasteiger partial charge is 0.444 e. The summed E-state index contributed by atoms with van der Waals surface area (Å²) < 4.78 is 6.09. The maximum Gasteiger partial charge on any atom is 0.407 e. The number of benzene rings is 1. The van der Waals surface area contributed by atoms with E-state index < -0.39 is 11.7 Å². The van der Waals surface area contributed by atoms with Crippen LogP contribution in [0.5, 0.6) is 0 Å². The molecule has 0 aliphatic heterocycles. The maximum absolute atomic E-state index is 10.9. The minimum Gasteiger partial charge on any atom is -0.444 e. The van der Waals surface area contributed by atoms with Crippen LogP contribution in [-0.2, 0) is 4.74 Å². The van der Waals surface area contributed by atoms with Crippen LogP contribution in [-0.4, -0.2) is 30.0 Å². The van der Waals surface area contributed by atoms with Crippen molar-refractivity contribution in [2.45, 2.75) is 39.7 Å². The molecule has 4 nitrogen and oxygen atoms in total. The summed E-state index contributed by atoms with van der Waals surface area (Å²) in [5, 5.41) is 10.9. The molecule has 1 rings (SSSR count). The molecule has 24 heavy (non-hydrogen) atoms. The smallest absolute Gasteiger partial charge is 0.407 e. The summed E-state index contributed by atoms with van der Waals surface area (Å²) in [7, 11) is 0. The number of nitrogens with one attached hydrogen (secondary N) is 1. The minimum absolute atomic E-state index is 0.0792. The molecule has 1 aromatic carbocycles. The zero-order valence-corrected chi connectivity index (χ0v) is 16.5. The summed E-state index contributed by atoms with van der Waals surface area (Å²) in [6, 6.07) is 8.22. The number of hydrogen-bond acceptors (Lipinski definition) is 3. The third-order valence-electron chi connectivity index (χ3n) is 2.01. The Morgan fingerprint density at radius 1 is 1.17 bits per heavy atom. The van der Waals surface area contributed by atoms with Crippen molar-refractivity contribution in [3.63, 3.8) is 0 Å². The third kappa shape index (κ3) is 22.3. The van der Waals surface area contributed by atoms with Gasteiger partial charge in [-0.15, -0.1) is 25.7 Å². The van der Waals surface area contributed by atoms with Gasteiger partial charge in [-0.3, -0.25) is 0 Å². The molecular weight excluding hydrogens is 370 g/mol. The van der Waals surface area contributed by atoms with Crippen LogP contribution in [0.2, 0.25) is 0 Å². The fourth-order valence-corrected chi connectivity index (χ4v) is 1.38. The lowest BCUT2D eigenvalue weighted by atomic mass is 10.2. The molecule has 0 spiro atoms.